The lowest BCUT2D eigenvalue weighted by Crippen LogP contribution is -2.41. The molecule has 3 atom stereocenters. The van der Waals surface area contributed by atoms with Crippen molar-refractivity contribution in [3.05, 3.63) is 23.7 Å². The SMILES string of the molecule is O=C(O)C1CC2CCCCC2N1Cc1ccc(CSC(F)F)o1. The highest BCUT2D eigenvalue weighted by Gasteiger charge is 2.45. The van der Waals surface area contributed by atoms with E-state index in [0.29, 0.717) is 48.2 Å². The fourth-order valence-corrected chi connectivity index (χ4v) is 4.38. The first-order valence-electron chi connectivity index (χ1n) is 8.00. The van der Waals surface area contributed by atoms with Gasteiger partial charge in [-0.3, -0.25) is 9.69 Å². The van der Waals surface area contributed by atoms with Crippen LogP contribution in [0.3, 0.4) is 0 Å². The summed E-state index contributed by atoms with van der Waals surface area (Å²) >= 11 is 0.529. The van der Waals surface area contributed by atoms with Crippen LogP contribution in [-0.4, -0.2) is 33.8 Å². The molecule has 3 unspecified atom stereocenters. The Labute approximate surface area is 138 Å². The summed E-state index contributed by atoms with van der Waals surface area (Å²) in [6.45, 7) is 0.442. The molecule has 3 rings (SSSR count). The summed E-state index contributed by atoms with van der Waals surface area (Å²) in [7, 11) is 0. The van der Waals surface area contributed by atoms with Crippen LogP contribution in [0.25, 0.3) is 0 Å². The summed E-state index contributed by atoms with van der Waals surface area (Å²) in [4.78, 5) is 13.6. The third-order valence-corrected chi connectivity index (χ3v) is 5.62. The number of carbonyl (C=O) groups is 1. The molecule has 1 aliphatic heterocycles. The van der Waals surface area contributed by atoms with Crippen molar-refractivity contribution in [3.63, 3.8) is 0 Å². The van der Waals surface area contributed by atoms with Crippen molar-refractivity contribution in [3.8, 4) is 0 Å². The summed E-state index contributed by atoms with van der Waals surface area (Å²) in [5, 5.41) is 9.50. The maximum absolute atomic E-state index is 12.2. The Hall–Kier alpha value is -1.08. The number of rotatable bonds is 6. The van der Waals surface area contributed by atoms with Gasteiger partial charge in [-0.05, 0) is 37.3 Å². The van der Waals surface area contributed by atoms with E-state index in [-0.39, 0.29) is 5.75 Å². The normalized spacial score (nSPS) is 28.2. The van der Waals surface area contributed by atoms with E-state index in [1.807, 2.05) is 4.90 Å². The summed E-state index contributed by atoms with van der Waals surface area (Å²) in [6, 6.07) is 3.31. The molecule has 1 saturated carbocycles. The molecule has 128 valence electrons. The van der Waals surface area contributed by atoms with Crippen LogP contribution in [0.1, 0.15) is 43.6 Å². The molecule has 7 heteroatoms. The van der Waals surface area contributed by atoms with Gasteiger partial charge in [0.15, 0.2) is 0 Å². The lowest BCUT2D eigenvalue weighted by Gasteiger charge is -2.32. The van der Waals surface area contributed by atoms with Gasteiger partial charge in [-0.25, -0.2) is 0 Å². The number of fused-ring (bicyclic) bond motifs is 1. The Morgan fingerprint density at radius 1 is 1.35 bits per heavy atom. The fraction of sp³-hybridized carbons (Fsp3) is 0.688. The minimum Gasteiger partial charge on any atom is -0.480 e. The summed E-state index contributed by atoms with van der Waals surface area (Å²) in [5.41, 5.74) is 0. The molecular weight excluding hydrogens is 324 g/mol. The number of carboxylic acid groups (broad SMARTS) is 1. The van der Waals surface area contributed by atoms with Crippen LogP contribution in [0.2, 0.25) is 0 Å². The molecule has 1 saturated heterocycles. The van der Waals surface area contributed by atoms with Gasteiger partial charge in [-0.15, -0.1) is 0 Å². The molecule has 0 aromatic carbocycles. The van der Waals surface area contributed by atoms with E-state index in [9.17, 15) is 18.7 Å². The minimum atomic E-state index is -2.42. The molecule has 2 fully saturated rings. The maximum Gasteiger partial charge on any atom is 0.320 e. The molecule has 0 spiro atoms. The van der Waals surface area contributed by atoms with E-state index in [4.69, 9.17) is 4.42 Å². The van der Waals surface area contributed by atoms with Crippen molar-refractivity contribution >= 4 is 17.7 Å². The van der Waals surface area contributed by atoms with Gasteiger partial charge in [-0.2, -0.15) is 8.78 Å². The Bertz CT molecular complexity index is 551. The van der Waals surface area contributed by atoms with Crippen LogP contribution in [0.15, 0.2) is 16.5 Å². The predicted molar refractivity (Wildman–Crippen MR) is 83.3 cm³/mol. The molecule has 23 heavy (non-hydrogen) atoms. The highest BCUT2D eigenvalue weighted by molar-refractivity contribution is 7.98. The second-order valence-corrected chi connectivity index (χ2v) is 7.29. The van der Waals surface area contributed by atoms with Crippen LogP contribution < -0.4 is 0 Å². The molecule has 2 heterocycles. The second-order valence-electron chi connectivity index (χ2n) is 6.31. The minimum absolute atomic E-state index is 0.131. The number of nitrogens with zero attached hydrogens (tertiary/aromatic N) is 1. The number of furan rings is 1. The van der Waals surface area contributed by atoms with Crippen LogP contribution in [0.4, 0.5) is 8.78 Å². The number of carboxylic acids is 1. The van der Waals surface area contributed by atoms with Crippen LogP contribution in [-0.2, 0) is 17.1 Å². The molecule has 1 aromatic heterocycles. The smallest absolute Gasteiger partial charge is 0.320 e. The Morgan fingerprint density at radius 2 is 2.09 bits per heavy atom. The molecular formula is C16H21F2NO3S. The van der Waals surface area contributed by atoms with Crippen molar-refractivity contribution < 1.29 is 23.1 Å². The first kappa shape index (κ1) is 16.8. The quantitative estimate of drug-likeness (QED) is 0.846. The monoisotopic (exact) mass is 345 g/mol. The van der Waals surface area contributed by atoms with Crippen LogP contribution >= 0.6 is 11.8 Å². The van der Waals surface area contributed by atoms with Crippen LogP contribution in [0, 0.1) is 5.92 Å². The number of hydrogen-bond acceptors (Lipinski definition) is 4. The molecule has 0 bridgehead atoms. The number of thioether (sulfide) groups is 1. The number of alkyl halides is 2. The number of likely N-dealkylation sites (tertiary alicyclic amines) is 1. The third-order valence-electron chi connectivity index (χ3n) is 4.91. The van der Waals surface area contributed by atoms with Gasteiger partial charge in [0.05, 0.1) is 12.3 Å². The van der Waals surface area contributed by atoms with Crippen molar-refractivity contribution in [1.82, 2.24) is 4.90 Å². The number of hydrogen-bond donors (Lipinski definition) is 1. The zero-order valence-corrected chi connectivity index (χ0v) is 13.6. The van der Waals surface area contributed by atoms with Crippen molar-refractivity contribution in [2.75, 3.05) is 0 Å². The molecule has 0 radical (unpaired) electrons. The first-order valence-corrected chi connectivity index (χ1v) is 9.05. The predicted octanol–water partition coefficient (Wildman–Crippen LogP) is 3.95. The van der Waals surface area contributed by atoms with Gasteiger partial charge < -0.3 is 9.52 Å². The van der Waals surface area contributed by atoms with E-state index in [2.05, 4.69) is 0 Å². The first-order chi connectivity index (χ1) is 11.0. The topological polar surface area (TPSA) is 53.7 Å². The summed E-state index contributed by atoms with van der Waals surface area (Å²) < 4.78 is 30.1. The van der Waals surface area contributed by atoms with Gasteiger partial charge in [0, 0.05) is 6.04 Å². The van der Waals surface area contributed by atoms with Gasteiger partial charge in [-0.1, -0.05) is 24.6 Å². The summed E-state index contributed by atoms with van der Waals surface area (Å²) in [5.74, 6) is -1.44. The lowest BCUT2D eigenvalue weighted by molar-refractivity contribution is -0.143. The van der Waals surface area contributed by atoms with E-state index in [1.165, 1.54) is 6.42 Å². The van der Waals surface area contributed by atoms with Crippen molar-refractivity contribution in [2.24, 2.45) is 5.92 Å². The average Bonchev–Trinajstić information content (AvgIpc) is 3.11. The van der Waals surface area contributed by atoms with E-state index < -0.39 is 17.8 Å². The van der Waals surface area contributed by atoms with Crippen molar-refractivity contribution in [2.45, 2.75) is 62.2 Å². The molecule has 1 aliphatic carbocycles. The highest BCUT2D eigenvalue weighted by Crippen LogP contribution is 2.40. The van der Waals surface area contributed by atoms with Gasteiger partial charge in [0.2, 0.25) is 0 Å². The molecule has 0 amide bonds. The molecule has 1 aromatic rings. The Morgan fingerprint density at radius 3 is 2.83 bits per heavy atom. The van der Waals surface area contributed by atoms with Crippen molar-refractivity contribution in [1.29, 1.82) is 0 Å². The lowest BCUT2D eigenvalue weighted by atomic mass is 9.85. The standard InChI is InChI=1S/C16H21F2NO3S/c17-16(18)23-9-12-6-5-11(22-12)8-19-13-4-2-1-3-10(13)7-14(19)15(20)21/h5-6,10,13-14,16H,1-4,7-9H2,(H,20,21). The molecule has 2 aliphatic rings. The Kier molecular flexibility index (Phi) is 5.26. The molecule has 1 N–H and O–H groups in total. The average molecular weight is 345 g/mol. The van der Waals surface area contributed by atoms with E-state index >= 15 is 0 Å². The third kappa shape index (κ3) is 3.88. The number of halogens is 2. The van der Waals surface area contributed by atoms with E-state index in [1.54, 1.807) is 12.1 Å². The van der Waals surface area contributed by atoms with Crippen LogP contribution in [0.5, 0.6) is 0 Å². The second kappa shape index (κ2) is 7.21. The van der Waals surface area contributed by atoms with Gasteiger partial charge in [0.25, 0.3) is 5.76 Å². The van der Waals surface area contributed by atoms with Gasteiger partial charge >= 0.3 is 5.97 Å². The largest absolute Gasteiger partial charge is 0.480 e. The highest BCUT2D eigenvalue weighted by atomic mass is 32.2. The summed E-state index contributed by atoms with van der Waals surface area (Å²) in [6.07, 6.45) is 5.15. The van der Waals surface area contributed by atoms with Gasteiger partial charge in [0.1, 0.15) is 17.6 Å². The maximum atomic E-state index is 12.2. The zero-order chi connectivity index (χ0) is 16.4. The fourth-order valence-electron chi connectivity index (χ4n) is 3.93. The Balaban J connectivity index is 1.68. The van der Waals surface area contributed by atoms with E-state index in [0.717, 1.165) is 19.3 Å². The number of aliphatic carboxylic acids is 1. The zero-order valence-electron chi connectivity index (χ0n) is 12.8. The molecule has 4 nitrogen and oxygen atoms in total.